The number of hydrogen-bond acceptors (Lipinski definition) is 6. The molecule has 7 heteroatoms. The molecule has 1 unspecified atom stereocenters. The maximum absolute atomic E-state index is 11.5. The van der Waals surface area contributed by atoms with Crippen molar-refractivity contribution < 1.29 is 15.0 Å². The Kier molecular flexibility index (Phi) is 4.37. The summed E-state index contributed by atoms with van der Waals surface area (Å²) in [4.78, 5) is 20.7. The quantitative estimate of drug-likeness (QED) is 0.563. The first-order valence-electron chi connectivity index (χ1n) is 8.80. The smallest absolute Gasteiger partial charge is 0.309 e. The molecule has 2 aromatic carbocycles. The number of phenolic OH excluding ortho intramolecular Hbond substituents is 1. The second-order valence-electron chi connectivity index (χ2n) is 6.79. The topological polar surface area (TPSA) is 107 Å². The van der Waals surface area contributed by atoms with Gasteiger partial charge in [0.25, 0.3) is 0 Å². The fraction of sp³-hybridized carbons (Fsp3) is 0.250. The number of aromatic nitrogens is 2. The average molecular weight is 364 g/mol. The number of fused-ring (bicyclic) bond motifs is 1. The first-order chi connectivity index (χ1) is 13.0. The molecule has 7 nitrogen and oxygen atoms in total. The molecule has 1 saturated heterocycles. The van der Waals surface area contributed by atoms with E-state index in [1.807, 2.05) is 43.3 Å². The van der Waals surface area contributed by atoms with Crippen LogP contribution in [0.2, 0.25) is 0 Å². The zero-order valence-electron chi connectivity index (χ0n) is 14.8. The summed E-state index contributed by atoms with van der Waals surface area (Å²) in [6.07, 6.45) is 0. The summed E-state index contributed by atoms with van der Waals surface area (Å²) < 4.78 is 0. The maximum Gasteiger partial charge on any atom is 0.309 e. The molecular weight excluding hydrogens is 344 g/mol. The number of para-hydroxylation sites is 1. The molecule has 0 bridgehead atoms. The van der Waals surface area contributed by atoms with Crippen LogP contribution in [-0.2, 0) is 4.79 Å². The third kappa shape index (κ3) is 3.29. The Morgan fingerprint density at radius 1 is 1.19 bits per heavy atom. The average Bonchev–Trinajstić information content (AvgIpc) is 3.12. The van der Waals surface area contributed by atoms with Crippen LogP contribution in [0.1, 0.15) is 5.56 Å². The predicted octanol–water partition coefficient (Wildman–Crippen LogP) is 2.40. The highest BCUT2D eigenvalue weighted by atomic mass is 16.4. The predicted molar refractivity (Wildman–Crippen MR) is 103 cm³/mol. The minimum atomic E-state index is -0.840. The molecule has 27 heavy (non-hydrogen) atoms. The molecule has 1 fully saturated rings. The van der Waals surface area contributed by atoms with Gasteiger partial charge in [0, 0.05) is 18.5 Å². The van der Waals surface area contributed by atoms with Crippen LogP contribution in [0.25, 0.3) is 22.3 Å². The molecular formula is C20H20N4O3. The Morgan fingerprint density at radius 3 is 2.81 bits per heavy atom. The Hall–Kier alpha value is -3.19. The second-order valence-corrected chi connectivity index (χ2v) is 6.79. The standard InChI is InChI=1S/C20H20N4O3/c1-11-6-7-17(25)13(8-11)19-22-15-5-3-2-4-12(15)18(24-19)23-16-10-21-9-14(16)20(26)27/h2-8,14,16,21,25H,9-10H2,1H3,(H,26,27)(H,22,23,24)/t14-,16?/m1/s1. The molecule has 0 aliphatic carbocycles. The monoisotopic (exact) mass is 364 g/mol. The van der Waals surface area contributed by atoms with Gasteiger partial charge in [-0.2, -0.15) is 0 Å². The molecule has 0 amide bonds. The fourth-order valence-corrected chi connectivity index (χ4v) is 3.40. The second kappa shape index (κ2) is 6.85. The van der Waals surface area contributed by atoms with Crippen LogP contribution in [0.5, 0.6) is 5.75 Å². The number of aliphatic carboxylic acids is 1. The Labute approximate surface area is 156 Å². The lowest BCUT2D eigenvalue weighted by Crippen LogP contribution is -2.33. The summed E-state index contributed by atoms with van der Waals surface area (Å²) in [7, 11) is 0. The Morgan fingerprint density at radius 2 is 2.00 bits per heavy atom. The van der Waals surface area contributed by atoms with Crippen molar-refractivity contribution in [2.75, 3.05) is 18.4 Å². The van der Waals surface area contributed by atoms with Crippen LogP contribution >= 0.6 is 0 Å². The van der Waals surface area contributed by atoms with E-state index in [4.69, 9.17) is 0 Å². The number of carboxylic acids is 1. The van der Waals surface area contributed by atoms with Gasteiger partial charge in [-0.15, -0.1) is 0 Å². The molecule has 2 heterocycles. The molecule has 4 N–H and O–H groups in total. The first kappa shape index (κ1) is 17.2. The van der Waals surface area contributed by atoms with Gasteiger partial charge < -0.3 is 20.8 Å². The van der Waals surface area contributed by atoms with Crippen molar-refractivity contribution >= 4 is 22.7 Å². The van der Waals surface area contributed by atoms with E-state index in [9.17, 15) is 15.0 Å². The van der Waals surface area contributed by atoms with Crippen LogP contribution in [-0.4, -0.2) is 45.3 Å². The van der Waals surface area contributed by atoms with E-state index in [1.54, 1.807) is 6.07 Å². The molecule has 0 saturated carbocycles. The lowest BCUT2D eigenvalue weighted by molar-refractivity contribution is -0.141. The van der Waals surface area contributed by atoms with Crippen LogP contribution in [0.3, 0.4) is 0 Å². The van der Waals surface area contributed by atoms with Crippen molar-refractivity contribution in [2.45, 2.75) is 13.0 Å². The van der Waals surface area contributed by atoms with Gasteiger partial charge in [0.05, 0.1) is 23.0 Å². The summed E-state index contributed by atoms with van der Waals surface area (Å²) in [6, 6.07) is 12.5. The maximum atomic E-state index is 11.5. The van der Waals surface area contributed by atoms with Gasteiger partial charge >= 0.3 is 5.97 Å². The van der Waals surface area contributed by atoms with Gasteiger partial charge in [-0.3, -0.25) is 4.79 Å². The number of phenols is 1. The minimum Gasteiger partial charge on any atom is -0.507 e. The van der Waals surface area contributed by atoms with Gasteiger partial charge in [0.15, 0.2) is 5.82 Å². The number of hydrogen-bond donors (Lipinski definition) is 4. The van der Waals surface area contributed by atoms with E-state index >= 15 is 0 Å². The SMILES string of the molecule is Cc1ccc(O)c(-c2nc(NC3CNC[C@H]3C(=O)O)c3ccccc3n2)c1. The number of aryl methyl sites for hydroxylation is 1. The summed E-state index contributed by atoms with van der Waals surface area (Å²) in [5.74, 6) is -0.304. The van der Waals surface area contributed by atoms with Gasteiger partial charge in [0.2, 0.25) is 0 Å². The Balaban J connectivity index is 1.82. The van der Waals surface area contributed by atoms with Gasteiger partial charge in [-0.25, -0.2) is 9.97 Å². The normalized spacial score (nSPS) is 19.3. The third-order valence-corrected chi connectivity index (χ3v) is 4.85. The number of carbonyl (C=O) groups is 1. The van der Waals surface area contributed by atoms with Crippen LogP contribution < -0.4 is 10.6 Å². The summed E-state index contributed by atoms with van der Waals surface area (Å²) >= 11 is 0. The van der Waals surface area contributed by atoms with E-state index in [1.165, 1.54) is 0 Å². The summed E-state index contributed by atoms with van der Waals surface area (Å²) in [5.41, 5.74) is 2.26. The van der Waals surface area contributed by atoms with E-state index < -0.39 is 11.9 Å². The first-order valence-corrected chi connectivity index (χ1v) is 8.80. The molecule has 0 radical (unpaired) electrons. The van der Waals surface area contributed by atoms with Crippen LogP contribution in [0.4, 0.5) is 5.82 Å². The highest BCUT2D eigenvalue weighted by Gasteiger charge is 2.33. The largest absolute Gasteiger partial charge is 0.507 e. The number of aromatic hydroxyl groups is 1. The molecule has 2 atom stereocenters. The minimum absolute atomic E-state index is 0.104. The number of benzene rings is 2. The molecule has 3 aromatic rings. The number of nitrogens with one attached hydrogen (secondary N) is 2. The lowest BCUT2D eigenvalue weighted by atomic mass is 10.0. The fourth-order valence-electron chi connectivity index (χ4n) is 3.40. The highest BCUT2D eigenvalue weighted by Crippen LogP contribution is 2.31. The summed E-state index contributed by atoms with van der Waals surface area (Å²) in [5, 5.41) is 26.9. The van der Waals surface area contributed by atoms with Crippen molar-refractivity contribution in [1.82, 2.24) is 15.3 Å². The third-order valence-electron chi connectivity index (χ3n) is 4.85. The zero-order valence-corrected chi connectivity index (χ0v) is 14.8. The van der Waals surface area contributed by atoms with Crippen molar-refractivity contribution in [3.05, 3.63) is 48.0 Å². The Bertz CT molecular complexity index is 1020. The number of carboxylic acid groups (broad SMARTS) is 1. The van der Waals surface area contributed by atoms with Gasteiger partial charge in [-0.1, -0.05) is 23.8 Å². The van der Waals surface area contributed by atoms with Crippen molar-refractivity contribution in [3.8, 4) is 17.1 Å². The molecule has 0 spiro atoms. The van der Waals surface area contributed by atoms with Crippen LogP contribution in [0, 0.1) is 12.8 Å². The lowest BCUT2D eigenvalue weighted by Gasteiger charge is -2.19. The molecule has 1 aromatic heterocycles. The van der Waals surface area contributed by atoms with E-state index in [0.717, 1.165) is 16.5 Å². The molecule has 138 valence electrons. The van der Waals surface area contributed by atoms with Gasteiger partial charge in [0.1, 0.15) is 11.6 Å². The molecule has 1 aliphatic heterocycles. The molecule has 4 rings (SSSR count). The van der Waals surface area contributed by atoms with Crippen molar-refractivity contribution in [1.29, 1.82) is 0 Å². The number of anilines is 1. The van der Waals surface area contributed by atoms with Crippen molar-refractivity contribution in [2.24, 2.45) is 5.92 Å². The van der Waals surface area contributed by atoms with E-state index in [2.05, 4.69) is 20.6 Å². The number of nitrogens with zero attached hydrogens (tertiary/aromatic N) is 2. The molecule has 1 aliphatic rings. The van der Waals surface area contributed by atoms with Crippen LogP contribution in [0.15, 0.2) is 42.5 Å². The highest BCUT2D eigenvalue weighted by molar-refractivity contribution is 5.91. The zero-order chi connectivity index (χ0) is 19.0. The van der Waals surface area contributed by atoms with E-state index in [-0.39, 0.29) is 11.8 Å². The summed E-state index contributed by atoms with van der Waals surface area (Å²) in [6.45, 7) is 2.90. The van der Waals surface area contributed by atoms with E-state index in [0.29, 0.717) is 30.3 Å². The van der Waals surface area contributed by atoms with Gasteiger partial charge in [-0.05, 0) is 31.2 Å². The van der Waals surface area contributed by atoms with Crippen molar-refractivity contribution in [3.63, 3.8) is 0 Å². The number of rotatable bonds is 4.